The Labute approximate surface area is 159 Å². The van der Waals surface area contributed by atoms with Crippen LogP contribution in [0.4, 0.5) is 0 Å². The van der Waals surface area contributed by atoms with Gasteiger partial charge in [-0.2, -0.15) is 0 Å². The average molecular weight is 373 g/mol. The SMILES string of the molecule is O=C(C[C@H]1CCC(=O)[C@H]1C/C=C\CCO)N[C@@H](Cc1ccccc1)C(=O)O. The molecule has 3 atom stereocenters. The number of aliphatic hydroxyl groups is 1. The Morgan fingerprint density at radius 1 is 1.22 bits per heavy atom. The number of rotatable bonds is 10. The van der Waals surface area contributed by atoms with Crippen molar-refractivity contribution in [1.29, 1.82) is 0 Å². The maximum Gasteiger partial charge on any atom is 0.326 e. The number of carbonyl (C=O) groups is 3. The molecule has 1 amide bonds. The lowest BCUT2D eigenvalue weighted by molar-refractivity contribution is -0.142. The van der Waals surface area contributed by atoms with Crippen molar-refractivity contribution in [2.75, 3.05) is 6.61 Å². The van der Waals surface area contributed by atoms with Crippen LogP contribution >= 0.6 is 0 Å². The van der Waals surface area contributed by atoms with Crippen molar-refractivity contribution in [3.63, 3.8) is 0 Å². The molecule has 0 bridgehead atoms. The first-order valence-electron chi connectivity index (χ1n) is 9.36. The summed E-state index contributed by atoms with van der Waals surface area (Å²) in [6, 6.07) is 8.17. The third-order valence-corrected chi connectivity index (χ3v) is 4.96. The van der Waals surface area contributed by atoms with E-state index in [-0.39, 0.29) is 43.0 Å². The summed E-state index contributed by atoms with van der Waals surface area (Å²) in [6.07, 6.45) is 6.31. The molecule has 0 aromatic heterocycles. The number of hydrogen-bond donors (Lipinski definition) is 3. The number of carboxylic acids is 1. The lowest BCUT2D eigenvalue weighted by atomic mass is 9.89. The lowest BCUT2D eigenvalue weighted by Gasteiger charge is -2.19. The van der Waals surface area contributed by atoms with Gasteiger partial charge >= 0.3 is 5.97 Å². The number of hydrogen-bond acceptors (Lipinski definition) is 4. The number of aliphatic hydroxyl groups excluding tert-OH is 1. The van der Waals surface area contributed by atoms with Crippen LogP contribution in [0.5, 0.6) is 0 Å². The second kappa shape index (κ2) is 10.6. The molecule has 1 aliphatic carbocycles. The fourth-order valence-electron chi connectivity index (χ4n) is 3.52. The van der Waals surface area contributed by atoms with Gasteiger partial charge in [0.1, 0.15) is 11.8 Å². The number of carboxylic acid groups (broad SMARTS) is 1. The number of carbonyl (C=O) groups excluding carboxylic acids is 2. The molecule has 1 saturated carbocycles. The van der Waals surface area contributed by atoms with Gasteiger partial charge < -0.3 is 15.5 Å². The fraction of sp³-hybridized carbons (Fsp3) is 0.476. The first-order valence-corrected chi connectivity index (χ1v) is 9.36. The maximum atomic E-state index is 12.4. The number of Topliss-reactive ketones (excluding diaryl/α,β-unsaturated/α-hetero) is 1. The molecule has 2 rings (SSSR count). The van der Waals surface area contributed by atoms with Gasteiger partial charge in [-0.25, -0.2) is 4.79 Å². The summed E-state index contributed by atoms with van der Waals surface area (Å²) < 4.78 is 0. The van der Waals surface area contributed by atoms with Gasteiger partial charge in [0, 0.05) is 31.8 Å². The topological polar surface area (TPSA) is 104 Å². The molecule has 146 valence electrons. The standard InChI is InChI=1S/C21H27NO5/c23-12-6-2-5-9-17-16(10-11-19(17)24)14-20(25)22-18(21(26)27)13-15-7-3-1-4-8-15/h1-5,7-8,16-18,23H,6,9-14H2,(H,22,25)(H,26,27)/b5-2-/t16-,17+,18+/m1/s1. The Kier molecular flexibility index (Phi) is 8.20. The number of allylic oxidation sites excluding steroid dienone is 1. The summed E-state index contributed by atoms with van der Waals surface area (Å²) in [5.41, 5.74) is 0.841. The average Bonchev–Trinajstić information content (AvgIpc) is 2.98. The molecule has 6 nitrogen and oxygen atoms in total. The van der Waals surface area contributed by atoms with Crippen LogP contribution in [0.1, 0.15) is 37.7 Å². The second-order valence-electron chi connectivity index (χ2n) is 6.94. The van der Waals surface area contributed by atoms with Gasteiger partial charge in [-0.1, -0.05) is 42.5 Å². The maximum absolute atomic E-state index is 12.4. The quantitative estimate of drug-likeness (QED) is 0.545. The van der Waals surface area contributed by atoms with Crippen LogP contribution in [0, 0.1) is 11.8 Å². The van der Waals surface area contributed by atoms with E-state index >= 15 is 0 Å². The third-order valence-electron chi connectivity index (χ3n) is 4.96. The molecule has 0 radical (unpaired) electrons. The van der Waals surface area contributed by atoms with Crippen molar-refractivity contribution in [1.82, 2.24) is 5.32 Å². The van der Waals surface area contributed by atoms with Gasteiger partial charge in [0.25, 0.3) is 0 Å². The Balaban J connectivity index is 1.91. The molecule has 1 aromatic carbocycles. The number of amides is 1. The highest BCUT2D eigenvalue weighted by molar-refractivity contribution is 5.87. The second-order valence-corrected chi connectivity index (χ2v) is 6.94. The van der Waals surface area contributed by atoms with E-state index in [0.717, 1.165) is 5.56 Å². The van der Waals surface area contributed by atoms with Crippen LogP contribution < -0.4 is 5.32 Å². The van der Waals surface area contributed by atoms with Gasteiger partial charge in [-0.3, -0.25) is 9.59 Å². The smallest absolute Gasteiger partial charge is 0.326 e. The van der Waals surface area contributed by atoms with E-state index in [2.05, 4.69) is 5.32 Å². The van der Waals surface area contributed by atoms with Crippen molar-refractivity contribution in [3.8, 4) is 0 Å². The van der Waals surface area contributed by atoms with E-state index in [1.807, 2.05) is 42.5 Å². The summed E-state index contributed by atoms with van der Waals surface area (Å²) in [7, 11) is 0. The van der Waals surface area contributed by atoms with Gasteiger partial charge in [-0.05, 0) is 30.7 Å². The number of ketones is 1. The van der Waals surface area contributed by atoms with Crippen molar-refractivity contribution in [3.05, 3.63) is 48.0 Å². The molecule has 3 N–H and O–H groups in total. The van der Waals surface area contributed by atoms with E-state index < -0.39 is 12.0 Å². The minimum atomic E-state index is -1.07. The van der Waals surface area contributed by atoms with E-state index in [4.69, 9.17) is 5.11 Å². The number of nitrogens with one attached hydrogen (secondary N) is 1. The first-order chi connectivity index (χ1) is 13.0. The van der Waals surface area contributed by atoms with E-state index in [1.165, 1.54) is 0 Å². The van der Waals surface area contributed by atoms with E-state index in [1.54, 1.807) is 0 Å². The summed E-state index contributed by atoms with van der Waals surface area (Å²) in [5, 5.41) is 20.8. The van der Waals surface area contributed by atoms with Crippen LogP contribution in [0.2, 0.25) is 0 Å². The van der Waals surface area contributed by atoms with Crippen LogP contribution in [-0.2, 0) is 20.8 Å². The predicted molar refractivity (Wildman–Crippen MR) is 101 cm³/mol. The highest BCUT2D eigenvalue weighted by Crippen LogP contribution is 2.34. The predicted octanol–water partition coefficient (Wildman–Crippen LogP) is 2.11. The summed E-state index contributed by atoms with van der Waals surface area (Å²) in [6.45, 7) is 0.0684. The van der Waals surface area contributed by atoms with Gasteiger partial charge in [-0.15, -0.1) is 0 Å². The normalized spacial score (nSPS) is 20.7. The Morgan fingerprint density at radius 3 is 2.63 bits per heavy atom. The van der Waals surface area contributed by atoms with Crippen LogP contribution in [0.15, 0.2) is 42.5 Å². The van der Waals surface area contributed by atoms with Crippen LogP contribution in [0.3, 0.4) is 0 Å². The van der Waals surface area contributed by atoms with Crippen molar-refractivity contribution in [2.24, 2.45) is 11.8 Å². The summed E-state index contributed by atoms with van der Waals surface area (Å²) in [4.78, 5) is 36.0. The molecule has 27 heavy (non-hydrogen) atoms. The molecule has 0 saturated heterocycles. The molecule has 0 spiro atoms. The highest BCUT2D eigenvalue weighted by Gasteiger charge is 2.35. The molecule has 0 heterocycles. The lowest BCUT2D eigenvalue weighted by Crippen LogP contribution is -2.43. The Hall–Kier alpha value is -2.47. The Morgan fingerprint density at radius 2 is 1.96 bits per heavy atom. The molecule has 0 unspecified atom stereocenters. The van der Waals surface area contributed by atoms with Crippen LogP contribution in [-0.4, -0.2) is 40.5 Å². The van der Waals surface area contributed by atoms with Crippen molar-refractivity contribution >= 4 is 17.7 Å². The molecule has 1 fully saturated rings. The minimum absolute atomic E-state index is 0.0672. The molecule has 6 heteroatoms. The zero-order valence-electron chi connectivity index (χ0n) is 15.3. The Bertz CT molecular complexity index is 670. The van der Waals surface area contributed by atoms with Crippen LogP contribution in [0.25, 0.3) is 0 Å². The minimum Gasteiger partial charge on any atom is -0.480 e. The van der Waals surface area contributed by atoms with Gasteiger partial charge in [0.2, 0.25) is 5.91 Å². The van der Waals surface area contributed by atoms with E-state index in [0.29, 0.717) is 25.7 Å². The summed E-state index contributed by atoms with van der Waals surface area (Å²) in [5.74, 6) is -1.52. The van der Waals surface area contributed by atoms with Crippen molar-refractivity contribution < 1.29 is 24.6 Å². The van der Waals surface area contributed by atoms with Gasteiger partial charge in [0.05, 0.1) is 0 Å². The molecular weight excluding hydrogens is 346 g/mol. The largest absolute Gasteiger partial charge is 0.480 e. The first kappa shape index (κ1) is 20.8. The molecule has 1 aromatic rings. The van der Waals surface area contributed by atoms with Crippen molar-refractivity contribution in [2.45, 2.75) is 44.6 Å². The number of aliphatic carboxylic acids is 1. The molecule has 0 aliphatic heterocycles. The third kappa shape index (κ3) is 6.64. The molecule has 1 aliphatic rings. The number of benzene rings is 1. The fourth-order valence-corrected chi connectivity index (χ4v) is 3.52. The highest BCUT2D eigenvalue weighted by atomic mass is 16.4. The van der Waals surface area contributed by atoms with E-state index in [9.17, 15) is 19.5 Å². The monoisotopic (exact) mass is 373 g/mol. The molecular formula is C21H27NO5. The zero-order chi connectivity index (χ0) is 19.6. The zero-order valence-corrected chi connectivity index (χ0v) is 15.3. The summed E-state index contributed by atoms with van der Waals surface area (Å²) >= 11 is 0. The van der Waals surface area contributed by atoms with Gasteiger partial charge in [0.15, 0.2) is 0 Å².